The lowest BCUT2D eigenvalue weighted by atomic mass is 10.1. The minimum atomic E-state index is 0.731. The van der Waals surface area contributed by atoms with Crippen LogP contribution < -0.4 is 0 Å². The monoisotopic (exact) mass is 212 g/mol. The number of nitrogens with one attached hydrogen (secondary N) is 1. The van der Waals surface area contributed by atoms with Crippen molar-refractivity contribution in [2.45, 2.75) is 19.8 Å². The summed E-state index contributed by atoms with van der Waals surface area (Å²) in [6.07, 6.45) is 21.6. The molecule has 0 saturated carbocycles. The molecule has 0 radical (unpaired) electrons. The fourth-order valence-electron chi connectivity index (χ4n) is 1.16. The van der Waals surface area contributed by atoms with Crippen LogP contribution in [0.1, 0.15) is 24.5 Å². The number of aromatic amines is 1. The Bertz CT molecular complexity index is 400. The Balaban J connectivity index is 0.00000106. The number of hydrogen-bond acceptors (Lipinski definition) is 1. The maximum Gasteiger partial charge on any atom is 0.101 e. The predicted octanol–water partition coefficient (Wildman–Crippen LogP) is 3.20. The average molecular weight is 212 g/mol. The van der Waals surface area contributed by atoms with E-state index in [2.05, 4.69) is 43.0 Å². The highest BCUT2D eigenvalue weighted by molar-refractivity contribution is 5.36. The first-order valence-electron chi connectivity index (χ1n) is 5.09. The van der Waals surface area contributed by atoms with Crippen molar-refractivity contribution in [3.05, 3.63) is 47.8 Å². The molecule has 0 aromatic carbocycles. The lowest BCUT2D eigenvalue weighted by Gasteiger charge is -1.89. The molecule has 2 heteroatoms. The number of hydrogen-bond donors (Lipinski definition) is 1. The first-order chi connectivity index (χ1) is 7.88. The summed E-state index contributed by atoms with van der Waals surface area (Å²) in [6.45, 7) is 2.10. The second-order valence-corrected chi connectivity index (χ2v) is 2.97. The smallest absolute Gasteiger partial charge is 0.101 e. The summed E-state index contributed by atoms with van der Waals surface area (Å²) in [5.41, 5.74) is 1.78. The van der Waals surface area contributed by atoms with Crippen LogP contribution in [-0.2, 0) is 6.42 Å². The molecule has 1 heterocycles. The lowest BCUT2D eigenvalue weighted by molar-refractivity contribution is 1.22. The van der Waals surface area contributed by atoms with Crippen molar-refractivity contribution >= 4 is 0 Å². The zero-order chi connectivity index (χ0) is 12.2. The molecule has 1 aromatic rings. The molecule has 16 heavy (non-hydrogen) atoms. The van der Waals surface area contributed by atoms with Gasteiger partial charge in [-0.15, -0.1) is 12.8 Å². The fourth-order valence-corrected chi connectivity index (χ4v) is 1.16. The summed E-state index contributed by atoms with van der Waals surface area (Å²) in [6, 6.07) is 2.14. The van der Waals surface area contributed by atoms with Crippen molar-refractivity contribution in [3.63, 3.8) is 0 Å². The van der Waals surface area contributed by atoms with Crippen molar-refractivity contribution in [1.29, 1.82) is 5.26 Å². The Kier molecular flexibility index (Phi) is 8.09. The quantitative estimate of drug-likeness (QED) is 0.604. The standard InChI is InChI=1S/C12H14N2.C2H2/c1-2-3-4-5-6-7-11-9-14-10-12(11)8-13;1-2/h3-6,9-10,14H,2,7H2,1H3;1-2H/b4-3-,6-5-;. The maximum absolute atomic E-state index is 8.74. The second-order valence-electron chi connectivity index (χ2n) is 2.97. The van der Waals surface area contributed by atoms with Crippen molar-refractivity contribution in [3.8, 4) is 18.9 Å². The van der Waals surface area contributed by atoms with Crippen LogP contribution in [0.3, 0.4) is 0 Å². The Morgan fingerprint density at radius 3 is 2.62 bits per heavy atom. The minimum absolute atomic E-state index is 0.731. The van der Waals surface area contributed by atoms with Crippen LogP contribution in [0.25, 0.3) is 0 Å². The van der Waals surface area contributed by atoms with Gasteiger partial charge in [0.2, 0.25) is 0 Å². The van der Waals surface area contributed by atoms with E-state index < -0.39 is 0 Å². The van der Waals surface area contributed by atoms with E-state index in [4.69, 9.17) is 5.26 Å². The lowest BCUT2D eigenvalue weighted by Crippen LogP contribution is -1.80. The van der Waals surface area contributed by atoms with Gasteiger partial charge in [-0.05, 0) is 18.4 Å². The molecule has 0 spiro atoms. The minimum Gasteiger partial charge on any atom is -0.366 e. The van der Waals surface area contributed by atoms with Gasteiger partial charge in [0.1, 0.15) is 6.07 Å². The van der Waals surface area contributed by atoms with Crippen LogP contribution in [-0.4, -0.2) is 4.98 Å². The maximum atomic E-state index is 8.74. The highest BCUT2D eigenvalue weighted by Crippen LogP contribution is 2.07. The second kappa shape index (κ2) is 9.37. The zero-order valence-corrected chi connectivity index (χ0v) is 9.48. The summed E-state index contributed by atoms with van der Waals surface area (Å²) in [7, 11) is 0. The summed E-state index contributed by atoms with van der Waals surface area (Å²) in [5, 5.41) is 8.74. The number of allylic oxidation sites excluding steroid dienone is 4. The highest BCUT2D eigenvalue weighted by Gasteiger charge is 1.98. The SMILES string of the molecule is C#C.CC/C=C\C=C/Cc1c[nH]cc1C#N. The zero-order valence-electron chi connectivity index (χ0n) is 9.48. The van der Waals surface area contributed by atoms with Crippen LogP contribution in [0.4, 0.5) is 0 Å². The fraction of sp³-hybridized carbons (Fsp3) is 0.214. The molecule has 0 fully saturated rings. The number of aromatic nitrogens is 1. The van der Waals surface area contributed by atoms with E-state index in [0.717, 1.165) is 24.0 Å². The molecule has 2 nitrogen and oxygen atoms in total. The molecule has 0 saturated heterocycles. The van der Waals surface area contributed by atoms with Crippen LogP contribution in [0, 0.1) is 24.2 Å². The summed E-state index contributed by atoms with van der Waals surface area (Å²) >= 11 is 0. The van der Waals surface area contributed by atoms with Gasteiger partial charge < -0.3 is 4.98 Å². The van der Waals surface area contributed by atoms with Crippen LogP contribution in [0.2, 0.25) is 0 Å². The number of rotatable bonds is 4. The van der Waals surface area contributed by atoms with Gasteiger partial charge in [0.25, 0.3) is 0 Å². The summed E-state index contributed by atoms with van der Waals surface area (Å²) in [5.74, 6) is 0. The third-order valence-corrected chi connectivity index (χ3v) is 1.91. The summed E-state index contributed by atoms with van der Waals surface area (Å²) in [4.78, 5) is 2.93. The molecular formula is C14H16N2. The molecule has 1 rings (SSSR count). The van der Waals surface area contributed by atoms with Gasteiger partial charge in [0, 0.05) is 12.4 Å². The largest absolute Gasteiger partial charge is 0.366 e. The topological polar surface area (TPSA) is 39.6 Å². The van der Waals surface area contributed by atoms with Crippen molar-refractivity contribution < 1.29 is 0 Å². The van der Waals surface area contributed by atoms with E-state index in [0.29, 0.717) is 0 Å². The average Bonchev–Trinajstić information content (AvgIpc) is 2.79. The van der Waals surface area contributed by atoms with E-state index in [1.54, 1.807) is 6.20 Å². The van der Waals surface area contributed by atoms with E-state index in [1.165, 1.54) is 0 Å². The van der Waals surface area contributed by atoms with Gasteiger partial charge in [0.05, 0.1) is 5.56 Å². The number of nitrogens with zero attached hydrogens (tertiary/aromatic N) is 1. The molecule has 0 unspecified atom stereocenters. The molecule has 0 aliphatic carbocycles. The van der Waals surface area contributed by atoms with Gasteiger partial charge in [0.15, 0.2) is 0 Å². The number of terminal acetylenes is 1. The van der Waals surface area contributed by atoms with Crippen molar-refractivity contribution in [1.82, 2.24) is 4.98 Å². The molecule has 0 bridgehead atoms. The first kappa shape index (κ1) is 13.8. The van der Waals surface area contributed by atoms with Gasteiger partial charge in [-0.3, -0.25) is 0 Å². The van der Waals surface area contributed by atoms with Crippen LogP contribution >= 0.6 is 0 Å². The molecule has 0 atom stereocenters. The Morgan fingerprint density at radius 2 is 2.00 bits per heavy atom. The molecule has 0 aliphatic rings. The van der Waals surface area contributed by atoms with Crippen LogP contribution in [0.5, 0.6) is 0 Å². The Labute approximate surface area is 97.3 Å². The number of nitriles is 1. The molecule has 1 N–H and O–H groups in total. The molecule has 82 valence electrons. The van der Waals surface area contributed by atoms with Crippen LogP contribution in [0.15, 0.2) is 36.7 Å². The molecule has 0 amide bonds. The molecule has 1 aromatic heterocycles. The predicted molar refractivity (Wildman–Crippen MR) is 67.7 cm³/mol. The third-order valence-electron chi connectivity index (χ3n) is 1.91. The molecular weight excluding hydrogens is 196 g/mol. The summed E-state index contributed by atoms with van der Waals surface area (Å²) < 4.78 is 0. The molecule has 0 aliphatic heterocycles. The number of H-pyrrole nitrogens is 1. The van der Waals surface area contributed by atoms with Gasteiger partial charge in [-0.2, -0.15) is 5.26 Å². The van der Waals surface area contributed by atoms with E-state index in [1.807, 2.05) is 18.3 Å². The van der Waals surface area contributed by atoms with E-state index >= 15 is 0 Å². The normalized spacial score (nSPS) is 9.88. The Morgan fingerprint density at radius 1 is 1.31 bits per heavy atom. The van der Waals surface area contributed by atoms with Gasteiger partial charge in [-0.25, -0.2) is 0 Å². The highest BCUT2D eigenvalue weighted by atomic mass is 14.6. The van der Waals surface area contributed by atoms with E-state index in [-0.39, 0.29) is 0 Å². The van der Waals surface area contributed by atoms with Gasteiger partial charge >= 0.3 is 0 Å². The van der Waals surface area contributed by atoms with Gasteiger partial charge in [-0.1, -0.05) is 31.2 Å². The third kappa shape index (κ3) is 4.88. The van der Waals surface area contributed by atoms with Crippen molar-refractivity contribution in [2.24, 2.45) is 0 Å². The van der Waals surface area contributed by atoms with E-state index in [9.17, 15) is 0 Å². The van der Waals surface area contributed by atoms with Crippen molar-refractivity contribution in [2.75, 3.05) is 0 Å². The Hall–Kier alpha value is -2.19. The first-order valence-corrected chi connectivity index (χ1v) is 5.09.